The van der Waals surface area contributed by atoms with E-state index in [0.29, 0.717) is 23.2 Å². The van der Waals surface area contributed by atoms with Gasteiger partial charge in [-0.15, -0.1) is 5.54 Å². The van der Waals surface area contributed by atoms with Crippen LogP contribution in [0, 0.1) is 11.5 Å². The van der Waals surface area contributed by atoms with Crippen LogP contribution in [0.4, 0.5) is 0 Å². The van der Waals surface area contributed by atoms with E-state index in [1.807, 2.05) is 0 Å². The van der Waals surface area contributed by atoms with Crippen LogP contribution in [0.15, 0.2) is 12.2 Å². The maximum atomic E-state index is 11.2. The lowest BCUT2D eigenvalue weighted by molar-refractivity contribution is -0.137. The normalized spacial score (nSPS) is 12.1. The van der Waals surface area contributed by atoms with Gasteiger partial charge in [0.25, 0.3) is 0 Å². The summed E-state index contributed by atoms with van der Waals surface area (Å²) < 4.78 is 4.83. The Balaban J connectivity index is 5.11. The molecule has 0 aromatic rings. The number of allylic oxidation sites excluding steroid dienone is 1. The molecule has 0 N–H and O–H groups in total. The summed E-state index contributed by atoms with van der Waals surface area (Å²) in [5, 5.41) is 0. The van der Waals surface area contributed by atoms with Crippen molar-refractivity contribution < 1.29 is 9.53 Å². The van der Waals surface area contributed by atoms with E-state index in [-0.39, 0.29) is 5.97 Å². The number of esters is 1. The highest BCUT2D eigenvalue weighted by molar-refractivity contribution is 6.90. The lowest BCUT2D eigenvalue weighted by atomic mass is 10.5. The highest BCUT2D eigenvalue weighted by atomic mass is 28.3. The second-order valence-electron chi connectivity index (χ2n) is 5.75. The Kier molecular flexibility index (Phi) is 7.78. The maximum Gasteiger partial charge on any atom is 0.331 e. The van der Waals surface area contributed by atoms with Gasteiger partial charge in [0.15, 0.2) is 0 Å². The second-order valence-corrected chi connectivity index (χ2v) is 11.3. The van der Waals surface area contributed by atoms with E-state index in [0.717, 1.165) is 0 Å². The zero-order chi connectivity index (χ0) is 15.1. The maximum absolute atomic E-state index is 11.2. The molecule has 19 heavy (non-hydrogen) atoms. The Bertz CT molecular complexity index is 348. The summed E-state index contributed by atoms with van der Waals surface area (Å²) in [5.74, 6) is 2.77. The Hall–Kier alpha value is -1.01. The van der Waals surface area contributed by atoms with Gasteiger partial charge in [0.2, 0.25) is 0 Å². The Morgan fingerprint density at radius 3 is 1.95 bits per heavy atom. The molecule has 0 bridgehead atoms. The molecule has 0 aliphatic carbocycles. The average Bonchev–Trinajstić information content (AvgIpc) is 2.27. The fourth-order valence-corrected chi connectivity index (χ4v) is 8.10. The van der Waals surface area contributed by atoms with Crippen LogP contribution >= 0.6 is 0 Å². The molecule has 0 aromatic carbocycles. The average molecular weight is 280 g/mol. The molecule has 2 nitrogen and oxygen atoms in total. The standard InChI is InChI=1S/C16H28O2Si/c1-8-18-16(17)11-9-10-12-19(13(2)3,14(4)5)15(6)7/h9,11,13-15H,8H2,1-7H3/b11-9+. The molecule has 0 saturated heterocycles. The molecular weight excluding hydrogens is 252 g/mol. The minimum absolute atomic E-state index is 0.317. The first-order valence-corrected chi connectivity index (χ1v) is 9.38. The minimum Gasteiger partial charge on any atom is -0.463 e. The number of carbonyl (C=O) groups excluding carboxylic acids is 1. The van der Waals surface area contributed by atoms with Gasteiger partial charge in [0, 0.05) is 6.08 Å². The molecular formula is C16H28O2Si. The molecule has 0 fully saturated rings. The fourth-order valence-electron chi connectivity index (χ4n) is 2.90. The van der Waals surface area contributed by atoms with Gasteiger partial charge in [0.05, 0.1) is 6.61 Å². The van der Waals surface area contributed by atoms with Crippen molar-refractivity contribution in [1.82, 2.24) is 0 Å². The number of ether oxygens (including phenoxy) is 1. The van der Waals surface area contributed by atoms with Crippen molar-refractivity contribution >= 4 is 14.0 Å². The number of rotatable bonds is 5. The molecule has 0 aliphatic rings. The third kappa shape index (κ3) is 4.87. The van der Waals surface area contributed by atoms with Gasteiger partial charge in [-0.3, -0.25) is 0 Å². The second kappa shape index (κ2) is 8.22. The zero-order valence-electron chi connectivity index (χ0n) is 13.4. The van der Waals surface area contributed by atoms with Crippen molar-refractivity contribution in [2.75, 3.05) is 6.61 Å². The quantitative estimate of drug-likeness (QED) is 0.324. The largest absolute Gasteiger partial charge is 0.463 e. The van der Waals surface area contributed by atoms with Crippen molar-refractivity contribution in [3.05, 3.63) is 12.2 Å². The van der Waals surface area contributed by atoms with Crippen molar-refractivity contribution in [3.63, 3.8) is 0 Å². The first-order chi connectivity index (χ1) is 8.78. The van der Waals surface area contributed by atoms with Crippen LogP contribution in [0.25, 0.3) is 0 Å². The molecule has 0 heterocycles. The van der Waals surface area contributed by atoms with E-state index in [2.05, 4.69) is 53.0 Å². The van der Waals surface area contributed by atoms with Crippen molar-refractivity contribution in [1.29, 1.82) is 0 Å². The first kappa shape index (κ1) is 18.0. The molecule has 0 aliphatic heterocycles. The number of hydrogen-bond donors (Lipinski definition) is 0. The topological polar surface area (TPSA) is 26.3 Å². The predicted molar refractivity (Wildman–Crippen MR) is 84.6 cm³/mol. The molecule has 0 spiro atoms. The van der Waals surface area contributed by atoms with E-state index in [1.54, 1.807) is 13.0 Å². The van der Waals surface area contributed by atoms with E-state index < -0.39 is 8.07 Å². The highest BCUT2D eigenvalue weighted by Gasteiger charge is 2.41. The third-order valence-electron chi connectivity index (χ3n) is 3.74. The fraction of sp³-hybridized carbons (Fsp3) is 0.688. The van der Waals surface area contributed by atoms with Crippen molar-refractivity contribution in [3.8, 4) is 11.5 Å². The van der Waals surface area contributed by atoms with E-state index >= 15 is 0 Å². The van der Waals surface area contributed by atoms with Gasteiger partial charge in [-0.05, 0) is 29.6 Å². The van der Waals surface area contributed by atoms with Gasteiger partial charge < -0.3 is 4.74 Å². The summed E-state index contributed by atoms with van der Waals surface area (Å²) in [6, 6.07) is 0. The van der Waals surface area contributed by atoms with E-state index in [9.17, 15) is 4.79 Å². The van der Waals surface area contributed by atoms with Gasteiger partial charge in [-0.1, -0.05) is 47.5 Å². The van der Waals surface area contributed by atoms with E-state index in [4.69, 9.17) is 4.74 Å². The molecule has 0 amide bonds. The summed E-state index contributed by atoms with van der Waals surface area (Å²) in [5.41, 5.74) is 5.35. The first-order valence-electron chi connectivity index (χ1n) is 7.14. The zero-order valence-corrected chi connectivity index (χ0v) is 14.4. The summed E-state index contributed by atoms with van der Waals surface area (Å²) in [4.78, 5) is 11.2. The lowest BCUT2D eigenvalue weighted by Gasteiger charge is -2.37. The van der Waals surface area contributed by atoms with Crippen LogP contribution < -0.4 is 0 Å². The van der Waals surface area contributed by atoms with Crippen molar-refractivity contribution in [2.45, 2.75) is 65.1 Å². The van der Waals surface area contributed by atoms with Crippen LogP contribution in [0.1, 0.15) is 48.5 Å². The van der Waals surface area contributed by atoms with Gasteiger partial charge in [-0.2, -0.15) is 0 Å². The molecule has 0 saturated carbocycles. The third-order valence-corrected chi connectivity index (χ3v) is 10.1. The lowest BCUT2D eigenvalue weighted by Crippen LogP contribution is -2.43. The van der Waals surface area contributed by atoms with Crippen LogP contribution in [0.2, 0.25) is 16.6 Å². The number of hydrogen-bond acceptors (Lipinski definition) is 2. The molecule has 0 rings (SSSR count). The molecule has 0 atom stereocenters. The molecule has 108 valence electrons. The molecule has 3 heteroatoms. The molecule has 0 aromatic heterocycles. The van der Waals surface area contributed by atoms with Gasteiger partial charge in [-0.25, -0.2) is 4.79 Å². The minimum atomic E-state index is -1.68. The summed E-state index contributed by atoms with van der Waals surface area (Å²) >= 11 is 0. The van der Waals surface area contributed by atoms with Crippen LogP contribution in [0.3, 0.4) is 0 Å². The van der Waals surface area contributed by atoms with Gasteiger partial charge in [0.1, 0.15) is 8.07 Å². The van der Waals surface area contributed by atoms with Crippen molar-refractivity contribution in [2.24, 2.45) is 0 Å². The van der Waals surface area contributed by atoms with Crippen LogP contribution in [-0.2, 0) is 9.53 Å². The molecule has 0 radical (unpaired) electrons. The Morgan fingerprint density at radius 1 is 1.11 bits per heavy atom. The van der Waals surface area contributed by atoms with Crippen LogP contribution in [0.5, 0.6) is 0 Å². The summed E-state index contributed by atoms with van der Waals surface area (Å²) in [6.45, 7) is 15.8. The SMILES string of the molecule is CCOC(=O)/C=C/C#C[Si](C(C)C)(C(C)C)C(C)C. The van der Waals surface area contributed by atoms with Crippen LogP contribution in [-0.4, -0.2) is 20.7 Å². The van der Waals surface area contributed by atoms with E-state index in [1.165, 1.54) is 6.08 Å². The number of carbonyl (C=O) groups is 1. The highest BCUT2D eigenvalue weighted by Crippen LogP contribution is 2.40. The monoisotopic (exact) mass is 280 g/mol. The van der Waals surface area contributed by atoms with Gasteiger partial charge >= 0.3 is 5.97 Å². The predicted octanol–water partition coefficient (Wildman–Crippen LogP) is 4.33. The Morgan fingerprint density at radius 2 is 1.58 bits per heavy atom. The smallest absolute Gasteiger partial charge is 0.331 e. The summed E-state index contributed by atoms with van der Waals surface area (Å²) in [6.07, 6.45) is 3.05. The summed E-state index contributed by atoms with van der Waals surface area (Å²) in [7, 11) is -1.68. The molecule has 0 unspecified atom stereocenters. The Labute approximate surface area is 119 Å².